The third-order valence-corrected chi connectivity index (χ3v) is 2.87. The van der Waals surface area contributed by atoms with Gasteiger partial charge in [0, 0.05) is 13.1 Å². The Bertz CT molecular complexity index is 420. The number of carbonyl (C=O) groups is 2. The van der Waals surface area contributed by atoms with Crippen molar-refractivity contribution in [2.75, 3.05) is 13.1 Å². The molecule has 18 heavy (non-hydrogen) atoms. The minimum atomic E-state index is -0.487. The summed E-state index contributed by atoms with van der Waals surface area (Å²) in [6.45, 7) is 1.26. The summed E-state index contributed by atoms with van der Waals surface area (Å²) in [7, 11) is 0. The van der Waals surface area contributed by atoms with E-state index >= 15 is 0 Å². The van der Waals surface area contributed by atoms with Crippen molar-refractivity contribution in [2.24, 2.45) is 5.92 Å². The first-order valence-corrected chi connectivity index (χ1v) is 5.98. The topological polar surface area (TPSA) is 67.4 Å². The van der Waals surface area contributed by atoms with E-state index in [1.165, 1.54) is 0 Å². The Morgan fingerprint density at radius 1 is 1.39 bits per heavy atom. The zero-order valence-corrected chi connectivity index (χ0v) is 10.0. The molecule has 1 aliphatic rings. The molecule has 1 unspecified atom stereocenters. The molecule has 5 nitrogen and oxygen atoms in total. The highest BCUT2D eigenvalue weighted by molar-refractivity contribution is 5.81. The molecular formula is C13H16N2O3. The zero-order valence-electron chi connectivity index (χ0n) is 10.0. The van der Waals surface area contributed by atoms with Crippen LogP contribution in [-0.2, 0) is 16.1 Å². The van der Waals surface area contributed by atoms with E-state index in [9.17, 15) is 9.59 Å². The van der Waals surface area contributed by atoms with Crippen LogP contribution in [0.15, 0.2) is 30.3 Å². The van der Waals surface area contributed by atoms with Crippen molar-refractivity contribution in [2.45, 2.75) is 13.0 Å². The van der Waals surface area contributed by atoms with Crippen LogP contribution in [0.3, 0.4) is 0 Å². The third kappa shape index (κ3) is 3.48. The molecule has 0 aliphatic carbocycles. The summed E-state index contributed by atoms with van der Waals surface area (Å²) in [5, 5.41) is 5.32. The normalized spacial score (nSPS) is 18.2. The van der Waals surface area contributed by atoms with E-state index in [4.69, 9.17) is 4.74 Å². The molecule has 1 aromatic carbocycles. The van der Waals surface area contributed by atoms with Crippen LogP contribution in [0, 0.1) is 5.92 Å². The van der Waals surface area contributed by atoms with Crippen LogP contribution >= 0.6 is 0 Å². The van der Waals surface area contributed by atoms with E-state index < -0.39 is 6.09 Å². The largest absolute Gasteiger partial charge is 0.445 e. The van der Waals surface area contributed by atoms with Gasteiger partial charge in [-0.3, -0.25) is 4.79 Å². The molecule has 1 heterocycles. The second kappa shape index (κ2) is 6.05. The van der Waals surface area contributed by atoms with Crippen molar-refractivity contribution in [3.63, 3.8) is 0 Å². The summed E-state index contributed by atoms with van der Waals surface area (Å²) < 4.78 is 5.04. The van der Waals surface area contributed by atoms with Crippen LogP contribution in [0.4, 0.5) is 4.79 Å². The lowest BCUT2D eigenvalue weighted by molar-refractivity contribution is -0.122. The van der Waals surface area contributed by atoms with Crippen LogP contribution in [0.1, 0.15) is 12.0 Å². The van der Waals surface area contributed by atoms with Crippen molar-refractivity contribution < 1.29 is 14.3 Å². The number of rotatable bonds is 4. The number of alkyl carbamates (subject to hydrolysis) is 1. The van der Waals surface area contributed by atoms with E-state index in [1.807, 2.05) is 30.3 Å². The maximum absolute atomic E-state index is 11.4. The van der Waals surface area contributed by atoms with Gasteiger partial charge >= 0.3 is 6.09 Å². The molecule has 2 rings (SSSR count). The predicted molar refractivity (Wildman–Crippen MR) is 65.7 cm³/mol. The number of nitrogens with one attached hydrogen (secondary N) is 2. The minimum Gasteiger partial charge on any atom is -0.445 e. The molecule has 0 bridgehead atoms. The van der Waals surface area contributed by atoms with Gasteiger partial charge in [0.15, 0.2) is 0 Å². The van der Waals surface area contributed by atoms with Crippen molar-refractivity contribution in [3.8, 4) is 0 Å². The highest BCUT2D eigenvalue weighted by Gasteiger charge is 2.24. The Morgan fingerprint density at radius 3 is 2.83 bits per heavy atom. The van der Waals surface area contributed by atoms with Gasteiger partial charge in [0.05, 0.1) is 5.92 Å². The lowest BCUT2D eigenvalue weighted by Crippen LogP contribution is -2.33. The summed E-state index contributed by atoms with van der Waals surface area (Å²) in [4.78, 5) is 22.7. The van der Waals surface area contributed by atoms with Crippen LogP contribution in [-0.4, -0.2) is 25.1 Å². The highest BCUT2D eigenvalue weighted by Crippen LogP contribution is 2.07. The Hall–Kier alpha value is -2.04. The fraction of sp³-hybridized carbons (Fsp3) is 0.385. The predicted octanol–water partition coefficient (Wildman–Crippen LogP) is 1.05. The molecule has 0 radical (unpaired) electrons. The van der Waals surface area contributed by atoms with E-state index in [-0.39, 0.29) is 18.4 Å². The first kappa shape index (κ1) is 12.4. The van der Waals surface area contributed by atoms with E-state index in [0.717, 1.165) is 12.0 Å². The van der Waals surface area contributed by atoms with Gasteiger partial charge in [-0.05, 0) is 12.0 Å². The Kier molecular flexibility index (Phi) is 4.17. The van der Waals surface area contributed by atoms with Crippen molar-refractivity contribution in [3.05, 3.63) is 35.9 Å². The Balaban J connectivity index is 1.68. The number of amides is 2. The van der Waals surface area contributed by atoms with Crippen LogP contribution in [0.25, 0.3) is 0 Å². The number of hydrogen-bond donors (Lipinski definition) is 2. The average Bonchev–Trinajstić information content (AvgIpc) is 2.81. The maximum Gasteiger partial charge on any atom is 0.407 e. The molecule has 1 atom stereocenters. The quantitative estimate of drug-likeness (QED) is 0.837. The first-order valence-electron chi connectivity index (χ1n) is 5.98. The van der Waals surface area contributed by atoms with E-state index in [1.54, 1.807) is 0 Å². The molecule has 1 aliphatic heterocycles. The summed E-state index contributed by atoms with van der Waals surface area (Å²) in [6.07, 6.45) is 0.274. The fourth-order valence-electron chi connectivity index (χ4n) is 1.82. The molecule has 2 amide bonds. The lowest BCUT2D eigenvalue weighted by atomic mass is 10.1. The average molecular weight is 248 g/mol. The van der Waals surface area contributed by atoms with Crippen LogP contribution < -0.4 is 10.6 Å². The molecule has 0 aromatic heterocycles. The molecular weight excluding hydrogens is 232 g/mol. The van der Waals surface area contributed by atoms with E-state index in [2.05, 4.69) is 10.6 Å². The Morgan fingerprint density at radius 2 is 2.17 bits per heavy atom. The third-order valence-electron chi connectivity index (χ3n) is 2.87. The lowest BCUT2D eigenvalue weighted by Gasteiger charge is -2.09. The summed E-state index contributed by atoms with van der Waals surface area (Å²) in [5.74, 6) is -0.132. The summed E-state index contributed by atoms with van der Waals surface area (Å²) in [6, 6.07) is 9.45. The van der Waals surface area contributed by atoms with Crippen LogP contribution in [0.5, 0.6) is 0 Å². The molecule has 0 spiro atoms. The molecule has 1 saturated heterocycles. The summed E-state index contributed by atoms with van der Waals surface area (Å²) >= 11 is 0. The van der Waals surface area contributed by atoms with Crippen molar-refractivity contribution in [1.29, 1.82) is 0 Å². The van der Waals surface area contributed by atoms with Gasteiger partial charge in [-0.15, -0.1) is 0 Å². The van der Waals surface area contributed by atoms with Gasteiger partial charge in [0.2, 0.25) is 5.91 Å². The molecule has 1 fully saturated rings. The number of hydrogen-bond acceptors (Lipinski definition) is 3. The number of benzene rings is 1. The Labute approximate surface area is 106 Å². The molecule has 0 saturated carbocycles. The molecule has 2 N–H and O–H groups in total. The number of carbonyl (C=O) groups excluding carboxylic acids is 2. The summed E-state index contributed by atoms with van der Waals surface area (Å²) in [5.41, 5.74) is 0.936. The smallest absolute Gasteiger partial charge is 0.407 e. The van der Waals surface area contributed by atoms with Crippen molar-refractivity contribution >= 4 is 12.0 Å². The molecule has 96 valence electrons. The molecule has 5 heteroatoms. The maximum atomic E-state index is 11.4. The monoisotopic (exact) mass is 248 g/mol. The van der Waals surface area contributed by atoms with Gasteiger partial charge in [0.1, 0.15) is 6.61 Å². The van der Waals surface area contributed by atoms with Crippen molar-refractivity contribution in [1.82, 2.24) is 10.6 Å². The second-order valence-corrected chi connectivity index (χ2v) is 4.22. The number of ether oxygens (including phenoxy) is 1. The first-order chi connectivity index (χ1) is 8.75. The van der Waals surface area contributed by atoms with Gasteiger partial charge in [-0.25, -0.2) is 4.79 Å². The zero-order chi connectivity index (χ0) is 12.8. The van der Waals surface area contributed by atoms with Crippen LogP contribution in [0.2, 0.25) is 0 Å². The minimum absolute atomic E-state index is 0.00152. The fourth-order valence-corrected chi connectivity index (χ4v) is 1.82. The van der Waals surface area contributed by atoms with E-state index in [0.29, 0.717) is 13.1 Å². The van der Waals surface area contributed by atoms with Gasteiger partial charge in [-0.2, -0.15) is 0 Å². The van der Waals surface area contributed by atoms with Gasteiger partial charge in [-0.1, -0.05) is 30.3 Å². The second-order valence-electron chi connectivity index (χ2n) is 4.22. The van der Waals surface area contributed by atoms with Gasteiger partial charge < -0.3 is 15.4 Å². The van der Waals surface area contributed by atoms with Gasteiger partial charge in [0.25, 0.3) is 0 Å². The highest BCUT2D eigenvalue weighted by atomic mass is 16.5. The SMILES string of the molecule is O=C(NCC1CCNC1=O)OCc1ccccc1. The molecule has 1 aromatic rings. The standard InChI is InChI=1S/C13H16N2O3/c16-12-11(6-7-14-12)8-15-13(17)18-9-10-4-2-1-3-5-10/h1-5,11H,6-9H2,(H,14,16)(H,15,17).